The van der Waals surface area contributed by atoms with Crippen molar-refractivity contribution in [1.29, 1.82) is 0 Å². The van der Waals surface area contributed by atoms with Crippen LogP contribution in [0.2, 0.25) is 0 Å². The van der Waals surface area contributed by atoms with Crippen molar-refractivity contribution in [2.24, 2.45) is 5.73 Å². The van der Waals surface area contributed by atoms with Gasteiger partial charge >= 0.3 is 153 Å². The summed E-state index contributed by atoms with van der Waals surface area (Å²) >= 11 is 0.362. The largest absolute Gasteiger partial charge is 1.00 e. The van der Waals surface area contributed by atoms with Crippen molar-refractivity contribution in [1.82, 2.24) is 4.90 Å². The predicted molar refractivity (Wildman–Crippen MR) is 98.0 cm³/mol. The Morgan fingerprint density at radius 2 is 2.04 bits per heavy atom. The molecular weight excluding hydrogens is 695 g/mol. The van der Waals surface area contributed by atoms with Gasteiger partial charge in [0, 0.05) is 0 Å². The monoisotopic (exact) mass is 711 g/mol. The van der Waals surface area contributed by atoms with Gasteiger partial charge < -0.3 is 17.0 Å². The zero-order valence-corrected chi connectivity index (χ0v) is 24.0. The van der Waals surface area contributed by atoms with Gasteiger partial charge in [0.2, 0.25) is 0 Å². The third-order valence-corrected chi connectivity index (χ3v) is 8.63. The number of carbonyl (C=O) groups excluding carboxylic acids is 2. The van der Waals surface area contributed by atoms with Gasteiger partial charge in [-0.05, 0) is 0 Å². The Hall–Kier alpha value is -0.495. The number of halogens is 2. The van der Waals surface area contributed by atoms with Gasteiger partial charge in [-0.3, -0.25) is 10.1 Å². The minimum atomic E-state index is -0.869. The molecule has 3 unspecified atom stereocenters. The second-order valence-corrected chi connectivity index (χ2v) is 10.3. The fraction of sp³-hybridized carbons (Fsp3) is 0.333. The molecule has 12 heteroatoms. The molecule has 1 aromatic carbocycles. The molecule has 1 aromatic rings. The molecule has 1 fully saturated rings. The zero-order valence-electron chi connectivity index (χ0n) is 14.4. The van der Waals surface area contributed by atoms with E-state index < -0.39 is 23.0 Å². The Kier molecular flexibility index (Phi) is 11.3. The Balaban J connectivity index is 0.00000338. The molecule has 1 heterocycles. The number of carbonyl (C=O) groups is 2. The van der Waals surface area contributed by atoms with Gasteiger partial charge in [-0.1, -0.05) is 0 Å². The normalized spacial score (nSPS) is 19.1. The first-order chi connectivity index (χ1) is 11.8. The number of hydrogen-bond acceptors (Lipinski definition) is 7. The summed E-state index contributed by atoms with van der Waals surface area (Å²) in [4.78, 5) is 36.1. The molecule has 1 aliphatic rings. The van der Waals surface area contributed by atoms with E-state index in [1.807, 2.05) is 0 Å². The summed E-state index contributed by atoms with van der Waals surface area (Å²) < 4.78 is 5.29. The summed E-state index contributed by atoms with van der Waals surface area (Å²) in [6.07, 6.45) is 0. The number of nitrogens with two attached hydrogens (primary N) is 1. The predicted octanol–water partition coefficient (Wildman–Crippen LogP) is -1.14. The molecule has 1 aliphatic heterocycles. The summed E-state index contributed by atoms with van der Waals surface area (Å²) in [5.74, 6) is -0.873. The maximum absolute atomic E-state index is 12.5. The molecule has 8 nitrogen and oxygen atoms in total. The number of amides is 1. The number of nitrogens with zero attached hydrogens (tertiary/aromatic N) is 2. The fourth-order valence-electron chi connectivity index (χ4n) is 2.47. The first kappa shape index (κ1) is 26.5. The number of non-ortho nitro benzene ring substituents is 1. The van der Waals surface area contributed by atoms with Crippen molar-refractivity contribution < 1.29 is 60.8 Å². The van der Waals surface area contributed by atoms with Crippen molar-refractivity contribution in [3.05, 3.63) is 52.1 Å². The maximum atomic E-state index is 12.5. The molecule has 3 atom stereocenters. The van der Waals surface area contributed by atoms with E-state index in [9.17, 15) is 19.7 Å². The second kappa shape index (κ2) is 11.5. The van der Waals surface area contributed by atoms with Crippen molar-refractivity contribution in [3.8, 4) is 0 Å². The van der Waals surface area contributed by atoms with Crippen molar-refractivity contribution in [2.45, 2.75) is 31.0 Å². The number of β-lactam (4-membered cyclic amide) rings is 1. The van der Waals surface area contributed by atoms with Crippen LogP contribution in [0.5, 0.6) is 0 Å². The average Bonchev–Trinajstić information content (AvgIpc) is 2.59. The van der Waals surface area contributed by atoms with Gasteiger partial charge in [0.15, 0.2) is 0 Å². The van der Waals surface area contributed by atoms with Crippen LogP contribution in [-0.2, 0) is 45.5 Å². The van der Waals surface area contributed by atoms with E-state index >= 15 is 0 Å². The Morgan fingerprint density at radius 3 is 2.48 bits per heavy atom. The third-order valence-electron chi connectivity index (χ3n) is 3.79. The molecular formula is C15H17Br2HgN3O5S-. The molecule has 0 aromatic heterocycles. The van der Waals surface area contributed by atoms with Crippen LogP contribution in [0.15, 0.2) is 36.4 Å². The van der Waals surface area contributed by atoms with Gasteiger partial charge in [0.25, 0.3) is 0 Å². The van der Waals surface area contributed by atoms with Gasteiger partial charge in [-0.2, -0.15) is 0 Å². The quantitative estimate of drug-likeness (QED) is 0.0950. The van der Waals surface area contributed by atoms with E-state index in [0.29, 0.717) is 35.7 Å². The molecule has 2 rings (SSSR count). The molecule has 2 N–H and O–H groups in total. The number of nitro benzene ring substituents is 1. The van der Waals surface area contributed by atoms with Crippen LogP contribution in [0.3, 0.4) is 0 Å². The molecule has 27 heavy (non-hydrogen) atoms. The molecule has 0 spiro atoms. The van der Waals surface area contributed by atoms with Crippen molar-refractivity contribution in [2.75, 3.05) is 0 Å². The van der Waals surface area contributed by atoms with Crippen LogP contribution < -0.4 is 22.7 Å². The number of likely N-dealkylation sites (tertiary alicyclic amines) is 1. The summed E-state index contributed by atoms with van der Waals surface area (Å²) in [7, 11) is 1.58. The molecule has 0 radical (unpaired) electrons. The first-order valence-corrected chi connectivity index (χ1v) is 15.1. The second-order valence-electron chi connectivity index (χ2n) is 5.61. The standard InChI is InChI=1S/C15H17N3O5S.2BrH.Hg/c1-8(2)12(17-13(19)11(16)14(17)24)15(20)23-7-9-3-5-10(6-4-9)18(21)22;;;/h3-6,11-12,14,24H,1,7,16H2,2H3;2*1H;/q;;;+1/p-2. The van der Waals surface area contributed by atoms with Gasteiger partial charge in [0.05, 0.1) is 0 Å². The smallest absolute Gasteiger partial charge is 1.00 e. The van der Waals surface area contributed by atoms with E-state index in [4.69, 9.17) is 10.5 Å². The third kappa shape index (κ3) is 5.99. The van der Waals surface area contributed by atoms with E-state index in [-0.39, 0.29) is 57.5 Å². The molecule has 1 amide bonds. The topological polar surface area (TPSA) is 116 Å². The average molecular weight is 712 g/mol. The van der Waals surface area contributed by atoms with E-state index in [2.05, 4.69) is 6.58 Å². The Morgan fingerprint density at radius 1 is 1.48 bits per heavy atom. The zero-order chi connectivity index (χ0) is 18.7. The van der Waals surface area contributed by atoms with E-state index in [1.54, 1.807) is 15.2 Å². The number of nitro groups is 1. The van der Waals surface area contributed by atoms with Crippen molar-refractivity contribution in [3.63, 3.8) is 0 Å². The number of ether oxygens (including phenoxy) is 1. The van der Waals surface area contributed by atoms with E-state index in [1.165, 1.54) is 29.2 Å². The molecule has 0 bridgehead atoms. The van der Waals surface area contributed by atoms with Crippen LogP contribution in [0.4, 0.5) is 5.69 Å². The van der Waals surface area contributed by atoms with Gasteiger partial charge in [-0.15, -0.1) is 17.0 Å². The van der Waals surface area contributed by atoms with Gasteiger partial charge in [-0.25, -0.2) is 0 Å². The van der Waals surface area contributed by atoms with Crippen molar-refractivity contribution >= 4 is 42.8 Å². The summed E-state index contributed by atoms with van der Waals surface area (Å²) in [6.45, 7) is 5.41. The van der Waals surface area contributed by atoms with E-state index in [0.717, 1.165) is 0 Å². The Labute approximate surface area is 196 Å². The molecule has 1 saturated heterocycles. The van der Waals surface area contributed by atoms with Crippen LogP contribution in [0.25, 0.3) is 0 Å². The summed E-state index contributed by atoms with van der Waals surface area (Å²) in [6, 6.07) is 4.26. The molecule has 145 valence electrons. The number of benzene rings is 1. The SMILES string of the molecule is Br.C=C(C)C(C(=O)OCc1ccc([N+](=O)[O-])cc1)N1C(=O)C(N)C1[S][Hg].[Br-]. The number of rotatable bonds is 7. The first-order valence-electron chi connectivity index (χ1n) is 7.32. The van der Waals surface area contributed by atoms with Crippen LogP contribution >= 0.6 is 25.2 Å². The Bertz CT molecular complexity index is 722. The van der Waals surface area contributed by atoms with Crippen LogP contribution in [-0.4, -0.2) is 39.2 Å². The number of esters is 1. The molecule has 0 saturated carbocycles. The maximum Gasteiger partial charge on any atom is -1.00 e. The van der Waals surface area contributed by atoms with Gasteiger partial charge in [0.1, 0.15) is 0 Å². The van der Waals surface area contributed by atoms with Crippen LogP contribution in [0, 0.1) is 10.1 Å². The number of hydrogen-bond donors (Lipinski definition) is 1. The minimum absolute atomic E-state index is 0. The fourth-order valence-corrected chi connectivity index (χ4v) is 7.47. The summed E-state index contributed by atoms with van der Waals surface area (Å²) in [5, 5.41) is 10.4. The molecule has 0 aliphatic carbocycles. The summed E-state index contributed by atoms with van der Waals surface area (Å²) in [5.41, 5.74) is 6.87. The van der Waals surface area contributed by atoms with Crippen LogP contribution in [0.1, 0.15) is 12.5 Å². The minimum Gasteiger partial charge on any atom is -1.00 e.